The maximum Gasteiger partial charge on any atom is 0.245 e. The molecule has 1 aromatic rings. The zero-order valence-corrected chi connectivity index (χ0v) is 23.5. The Balaban J connectivity index is 1.70. The van der Waals surface area contributed by atoms with Crippen LogP contribution >= 0.6 is 0 Å². The van der Waals surface area contributed by atoms with Crippen LogP contribution < -0.4 is 10.6 Å². The molecule has 3 N–H and O–H groups in total. The van der Waals surface area contributed by atoms with Crippen molar-refractivity contribution in [3.05, 3.63) is 35.9 Å². The molecule has 3 unspecified atom stereocenters. The minimum atomic E-state index is -1.10. The number of rotatable bonds is 12. The van der Waals surface area contributed by atoms with Crippen LogP contribution in [0.3, 0.4) is 0 Å². The van der Waals surface area contributed by atoms with Crippen molar-refractivity contribution in [3.63, 3.8) is 0 Å². The third kappa shape index (κ3) is 4.64. The summed E-state index contributed by atoms with van der Waals surface area (Å²) in [6.07, 6.45) is 4.16. The summed E-state index contributed by atoms with van der Waals surface area (Å²) in [7, 11) is 0. The van der Waals surface area contributed by atoms with Gasteiger partial charge in [-0.2, -0.15) is 0 Å². The highest BCUT2D eigenvalue weighted by atomic mass is 16.5. The van der Waals surface area contributed by atoms with Crippen molar-refractivity contribution in [1.29, 1.82) is 0 Å². The Morgan fingerprint density at radius 3 is 2.50 bits per heavy atom. The summed E-state index contributed by atoms with van der Waals surface area (Å²) in [6, 6.07) is 8.25. The van der Waals surface area contributed by atoms with Crippen LogP contribution in [0.25, 0.3) is 0 Å². The highest BCUT2D eigenvalue weighted by molar-refractivity contribution is 5.99. The van der Waals surface area contributed by atoms with Gasteiger partial charge in [0.25, 0.3) is 0 Å². The predicted molar refractivity (Wildman–Crippen MR) is 145 cm³/mol. The van der Waals surface area contributed by atoms with Gasteiger partial charge >= 0.3 is 0 Å². The fourth-order valence-electron chi connectivity index (χ4n) is 7.13. The van der Waals surface area contributed by atoms with Crippen molar-refractivity contribution >= 4 is 17.7 Å². The van der Waals surface area contributed by atoms with Gasteiger partial charge in [-0.3, -0.25) is 14.4 Å². The maximum atomic E-state index is 14.3. The van der Waals surface area contributed by atoms with E-state index >= 15 is 0 Å². The number of nitrogens with one attached hydrogen (secondary N) is 2. The second-order valence-corrected chi connectivity index (χ2v) is 11.8. The quantitative estimate of drug-likeness (QED) is 0.362. The fraction of sp³-hybridized carbons (Fsp3) is 0.700. The highest BCUT2D eigenvalue weighted by Crippen LogP contribution is 2.65. The van der Waals surface area contributed by atoms with E-state index in [0.717, 1.165) is 31.2 Å². The van der Waals surface area contributed by atoms with Crippen LogP contribution in [0.2, 0.25) is 0 Å². The van der Waals surface area contributed by atoms with Crippen LogP contribution in [0, 0.1) is 23.7 Å². The van der Waals surface area contributed by atoms with Crippen LogP contribution in [0.4, 0.5) is 0 Å². The summed E-state index contributed by atoms with van der Waals surface area (Å²) in [4.78, 5) is 43.5. The lowest BCUT2D eigenvalue weighted by molar-refractivity contribution is -0.152. The maximum absolute atomic E-state index is 14.3. The number of likely N-dealkylation sites (tertiary alicyclic amines) is 1. The van der Waals surface area contributed by atoms with E-state index < -0.39 is 35.1 Å². The number of unbranched alkanes of at least 4 members (excludes halogenated alkanes) is 2. The fourth-order valence-corrected chi connectivity index (χ4v) is 7.13. The highest BCUT2D eigenvalue weighted by Gasteiger charge is 2.80. The molecule has 1 aromatic carbocycles. The number of amides is 3. The lowest BCUT2D eigenvalue weighted by atomic mass is 9.62. The van der Waals surface area contributed by atoms with Crippen molar-refractivity contribution in [3.8, 4) is 0 Å². The number of hydrogen-bond donors (Lipinski definition) is 3. The lowest BCUT2D eigenvalue weighted by Gasteiger charge is -2.39. The van der Waals surface area contributed by atoms with Gasteiger partial charge in [0, 0.05) is 13.1 Å². The Labute approximate surface area is 226 Å². The van der Waals surface area contributed by atoms with E-state index in [9.17, 15) is 19.5 Å². The molecule has 3 fully saturated rings. The number of carbonyl (C=O) groups is 3. The Hall–Kier alpha value is -2.45. The third-order valence-corrected chi connectivity index (χ3v) is 9.52. The van der Waals surface area contributed by atoms with Gasteiger partial charge in [-0.25, -0.2) is 0 Å². The number of nitrogens with zero attached hydrogens (tertiary/aromatic N) is 1. The topological polar surface area (TPSA) is 108 Å². The molecule has 0 radical (unpaired) electrons. The van der Waals surface area contributed by atoms with Crippen LogP contribution in [-0.2, 0) is 25.7 Å². The smallest absolute Gasteiger partial charge is 0.245 e. The molecular weight excluding hydrogens is 482 g/mol. The van der Waals surface area contributed by atoms with Crippen molar-refractivity contribution in [2.24, 2.45) is 23.7 Å². The molecule has 3 heterocycles. The van der Waals surface area contributed by atoms with Gasteiger partial charge in [0.2, 0.25) is 17.7 Å². The summed E-state index contributed by atoms with van der Waals surface area (Å²) in [5.74, 6) is -2.27. The number of ether oxygens (including phenoxy) is 1. The molecule has 8 atom stereocenters. The first kappa shape index (κ1) is 28.6. The summed E-state index contributed by atoms with van der Waals surface area (Å²) in [6.45, 7) is 10.7. The van der Waals surface area contributed by atoms with E-state index in [1.54, 1.807) is 4.90 Å². The molecule has 8 heteroatoms. The molecule has 3 aliphatic heterocycles. The summed E-state index contributed by atoms with van der Waals surface area (Å²) in [5.41, 5.74) is -0.993. The number of aliphatic hydroxyl groups excluding tert-OH is 1. The SMILES string of the molecule is CCCCCNC(=O)C1N([C@@H](CO)[C@@H](C)CC)C(=O)[C@@H]2[C@@H](C(=O)NCc3ccccc3)[C@]3(C)OC12CC3C. The van der Waals surface area contributed by atoms with Crippen molar-refractivity contribution in [2.75, 3.05) is 13.2 Å². The summed E-state index contributed by atoms with van der Waals surface area (Å²) >= 11 is 0. The molecule has 8 nitrogen and oxygen atoms in total. The van der Waals surface area contributed by atoms with Crippen LogP contribution in [0.1, 0.15) is 72.3 Å². The molecule has 4 rings (SSSR count). The van der Waals surface area contributed by atoms with E-state index in [1.807, 2.05) is 58.0 Å². The minimum absolute atomic E-state index is 0.0226. The van der Waals surface area contributed by atoms with Crippen molar-refractivity contribution < 1.29 is 24.2 Å². The monoisotopic (exact) mass is 527 g/mol. The van der Waals surface area contributed by atoms with Crippen molar-refractivity contribution in [2.45, 2.75) is 96.6 Å². The normalized spacial score (nSPS) is 33.2. The zero-order chi connectivity index (χ0) is 27.7. The third-order valence-electron chi connectivity index (χ3n) is 9.52. The first-order valence-electron chi connectivity index (χ1n) is 14.4. The van der Waals surface area contributed by atoms with Gasteiger partial charge in [0.15, 0.2) is 0 Å². The number of benzene rings is 1. The first-order valence-corrected chi connectivity index (χ1v) is 14.4. The van der Waals surface area contributed by atoms with Gasteiger partial charge in [0.05, 0.1) is 30.1 Å². The molecule has 3 aliphatic rings. The van der Waals surface area contributed by atoms with Crippen LogP contribution in [-0.4, -0.2) is 64.2 Å². The molecule has 3 saturated heterocycles. The molecular formula is C30H45N3O5. The van der Waals surface area contributed by atoms with E-state index in [4.69, 9.17) is 4.74 Å². The van der Waals surface area contributed by atoms with Gasteiger partial charge in [-0.1, -0.05) is 77.3 Å². The minimum Gasteiger partial charge on any atom is -0.394 e. The van der Waals surface area contributed by atoms with E-state index in [0.29, 0.717) is 19.5 Å². The number of carbonyl (C=O) groups excluding carboxylic acids is 3. The van der Waals surface area contributed by atoms with Crippen molar-refractivity contribution in [1.82, 2.24) is 15.5 Å². The molecule has 210 valence electrons. The molecule has 1 spiro atoms. The molecule has 0 aliphatic carbocycles. The summed E-state index contributed by atoms with van der Waals surface area (Å²) in [5, 5.41) is 16.5. The van der Waals surface area contributed by atoms with E-state index in [2.05, 4.69) is 17.6 Å². The van der Waals surface area contributed by atoms with E-state index in [1.165, 1.54) is 0 Å². The molecule has 38 heavy (non-hydrogen) atoms. The van der Waals surface area contributed by atoms with Gasteiger partial charge in [0.1, 0.15) is 11.6 Å². The average Bonchev–Trinajstić information content (AvgIpc) is 3.43. The van der Waals surface area contributed by atoms with Crippen LogP contribution in [0.5, 0.6) is 0 Å². The number of aliphatic hydroxyl groups is 1. The van der Waals surface area contributed by atoms with Gasteiger partial charge in [-0.15, -0.1) is 0 Å². The number of hydrogen-bond acceptors (Lipinski definition) is 5. The lowest BCUT2D eigenvalue weighted by Crippen LogP contribution is -2.59. The molecule has 2 bridgehead atoms. The first-order chi connectivity index (χ1) is 18.2. The largest absolute Gasteiger partial charge is 0.394 e. The second-order valence-electron chi connectivity index (χ2n) is 11.8. The Morgan fingerprint density at radius 1 is 1.16 bits per heavy atom. The zero-order valence-electron chi connectivity index (χ0n) is 23.5. The molecule has 3 amide bonds. The van der Waals surface area contributed by atoms with Gasteiger partial charge in [-0.05, 0) is 37.2 Å². The number of fused-ring (bicyclic) bond motifs is 1. The predicted octanol–water partition coefficient (Wildman–Crippen LogP) is 3.03. The van der Waals surface area contributed by atoms with E-state index in [-0.39, 0.29) is 36.2 Å². The average molecular weight is 528 g/mol. The second kappa shape index (κ2) is 11.3. The summed E-state index contributed by atoms with van der Waals surface area (Å²) < 4.78 is 6.77. The molecule has 0 aromatic heterocycles. The Bertz CT molecular complexity index is 1020. The molecule has 0 saturated carbocycles. The van der Waals surface area contributed by atoms with Gasteiger partial charge < -0.3 is 25.4 Å². The van der Waals surface area contributed by atoms with Crippen LogP contribution in [0.15, 0.2) is 30.3 Å². The Morgan fingerprint density at radius 2 is 1.87 bits per heavy atom. The standard InChI is InChI=1S/C30H45N3O5/c1-6-8-12-15-31-27(36)25-30-16-20(4)29(5,38-30)23(26(35)32-17-21-13-10-9-11-14-21)24(30)28(37)33(25)22(18-34)19(3)7-2/h9-11,13-14,19-20,22-25,34H,6-8,12,15-18H2,1-5H3,(H,31,36)(H,32,35)/t19-,20?,22-,23-,24-,25?,29+,30?/m0/s1. The Kier molecular flexibility index (Phi) is 8.52.